The SMILES string of the molecule is CCCCNC(=O)N(C)N1CC(=O)N2[C@@H](Cc3ccc(NC=O)cc3)C(=O)N(Cc3cccc4sc(N)nc34)C[C@@H]21. The lowest BCUT2D eigenvalue weighted by molar-refractivity contribution is -0.157. The van der Waals surface area contributed by atoms with E-state index in [0.29, 0.717) is 23.8 Å². The smallest absolute Gasteiger partial charge is 0.331 e. The molecule has 13 heteroatoms. The van der Waals surface area contributed by atoms with Gasteiger partial charge >= 0.3 is 6.03 Å². The number of nitrogens with zero attached hydrogens (tertiary/aromatic N) is 5. The van der Waals surface area contributed by atoms with Crippen LogP contribution in [0, 0.1) is 0 Å². The van der Waals surface area contributed by atoms with Gasteiger partial charge in [0, 0.05) is 32.2 Å². The highest BCUT2D eigenvalue weighted by Gasteiger charge is 2.51. The third-order valence-electron chi connectivity index (χ3n) is 7.54. The second-order valence-electron chi connectivity index (χ2n) is 10.2. The summed E-state index contributed by atoms with van der Waals surface area (Å²) < 4.78 is 0.938. The number of benzene rings is 2. The van der Waals surface area contributed by atoms with Crippen LogP contribution in [0.5, 0.6) is 0 Å². The summed E-state index contributed by atoms with van der Waals surface area (Å²) in [4.78, 5) is 59.0. The fraction of sp³-hybridized carbons (Fsp3) is 0.393. The molecule has 1 aromatic heterocycles. The van der Waals surface area contributed by atoms with Crippen molar-refractivity contribution in [3.63, 3.8) is 0 Å². The van der Waals surface area contributed by atoms with E-state index in [2.05, 4.69) is 15.6 Å². The van der Waals surface area contributed by atoms with Crippen LogP contribution in [0.4, 0.5) is 15.6 Å². The highest BCUT2D eigenvalue weighted by atomic mass is 32.1. The largest absolute Gasteiger partial charge is 0.375 e. The minimum atomic E-state index is -0.771. The molecule has 0 spiro atoms. The number of urea groups is 1. The number of hydrogen-bond donors (Lipinski definition) is 3. The third kappa shape index (κ3) is 5.81. The summed E-state index contributed by atoms with van der Waals surface area (Å²) in [6.07, 6.45) is 2.16. The van der Waals surface area contributed by atoms with E-state index in [4.69, 9.17) is 5.73 Å². The van der Waals surface area contributed by atoms with E-state index in [9.17, 15) is 19.2 Å². The fourth-order valence-electron chi connectivity index (χ4n) is 5.44. The van der Waals surface area contributed by atoms with Crippen LogP contribution in [0.25, 0.3) is 10.2 Å². The zero-order valence-corrected chi connectivity index (χ0v) is 23.9. The summed E-state index contributed by atoms with van der Waals surface area (Å²) in [5.41, 5.74) is 9.07. The Morgan fingerprint density at radius 1 is 1.22 bits per heavy atom. The average Bonchev–Trinajstić information content (AvgIpc) is 3.50. The van der Waals surface area contributed by atoms with Crippen LogP contribution in [0.3, 0.4) is 0 Å². The lowest BCUT2D eigenvalue weighted by Crippen LogP contribution is -2.65. The predicted molar refractivity (Wildman–Crippen MR) is 156 cm³/mol. The van der Waals surface area contributed by atoms with Gasteiger partial charge in [0.15, 0.2) is 5.13 Å². The van der Waals surface area contributed by atoms with E-state index >= 15 is 0 Å². The predicted octanol–water partition coefficient (Wildman–Crippen LogP) is 2.23. The number of para-hydroxylation sites is 1. The number of nitrogens with one attached hydrogen (secondary N) is 2. The van der Waals surface area contributed by atoms with Gasteiger partial charge in [-0.3, -0.25) is 19.4 Å². The summed E-state index contributed by atoms with van der Waals surface area (Å²) in [7, 11) is 1.64. The molecule has 3 heterocycles. The van der Waals surface area contributed by atoms with Crippen molar-refractivity contribution in [1.82, 2.24) is 30.1 Å². The second-order valence-corrected chi connectivity index (χ2v) is 11.3. The van der Waals surface area contributed by atoms with Crippen LogP contribution < -0.4 is 16.4 Å². The van der Waals surface area contributed by atoms with Gasteiger partial charge in [-0.05, 0) is 35.7 Å². The van der Waals surface area contributed by atoms with E-state index in [-0.39, 0.29) is 43.9 Å². The lowest BCUT2D eigenvalue weighted by Gasteiger charge is -2.45. The maximum absolute atomic E-state index is 14.0. The van der Waals surface area contributed by atoms with Crippen molar-refractivity contribution in [1.29, 1.82) is 0 Å². The molecular formula is C28H34N8O4S. The first-order valence-corrected chi connectivity index (χ1v) is 14.4. The summed E-state index contributed by atoms with van der Waals surface area (Å²) in [6, 6.07) is 11.9. The number of hydrogen-bond acceptors (Lipinski definition) is 8. The first kappa shape index (κ1) is 28.3. The Kier molecular flexibility index (Phi) is 8.36. The number of amides is 5. The molecule has 2 fully saturated rings. The van der Waals surface area contributed by atoms with E-state index in [0.717, 1.165) is 34.2 Å². The minimum absolute atomic E-state index is 0.0135. The molecule has 3 aromatic rings. The molecule has 0 radical (unpaired) electrons. The molecule has 0 unspecified atom stereocenters. The van der Waals surface area contributed by atoms with Crippen LogP contribution in [-0.2, 0) is 27.3 Å². The topological polar surface area (TPSA) is 144 Å². The van der Waals surface area contributed by atoms with Gasteiger partial charge in [0.25, 0.3) is 0 Å². The normalized spacial score (nSPS) is 19.0. The molecule has 0 bridgehead atoms. The van der Waals surface area contributed by atoms with Crippen molar-refractivity contribution in [2.24, 2.45) is 0 Å². The zero-order chi connectivity index (χ0) is 29.1. The van der Waals surface area contributed by atoms with Crippen LogP contribution in [0.1, 0.15) is 30.9 Å². The van der Waals surface area contributed by atoms with Gasteiger partial charge < -0.3 is 26.2 Å². The number of piperazine rings is 1. The maximum Gasteiger partial charge on any atom is 0.331 e. The molecule has 2 aliphatic heterocycles. The molecule has 2 aliphatic rings. The van der Waals surface area contributed by atoms with Crippen molar-refractivity contribution in [3.8, 4) is 0 Å². The number of anilines is 2. The number of nitrogens with two attached hydrogens (primary N) is 1. The summed E-state index contributed by atoms with van der Waals surface area (Å²) in [6.45, 7) is 3.09. The second kappa shape index (κ2) is 12.1. The Labute approximate surface area is 242 Å². The Balaban J connectivity index is 1.45. The molecule has 5 rings (SSSR count). The number of carbonyl (C=O) groups excluding carboxylic acids is 4. The molecule has 0 aliphatic carbocycles. The maximum atomic E-state index is 14.0. The quantitative estimate of drug-likeness (QED) is 0.247. The highest BCUT2D eigenvalue weighted by molar-refractivity contribution is 7.22. The number of fused-ring (bicyclic) bond motifs is 2. The van der Waals surface area contributed by atoms with Crippen molar-refractivity contribution in [2.45, 2.75) is 44.9 Å². The molecule has 4 N–H and O–H groups in total. The molecule has 41 heavy (non-hydrogen) atoms. The van der Waals surface area contributed by atoms with E-state index < -0.39 is 12.2 Å². The monoisotopic (exact) mass is 578 g/mol. The highest BCUT2D eigenvalue weighted by Crippen LogP contribution is 2.32. The van der Waals surface area contributed by atoms with E-state index in [1.165, 1.54) is 16.3 Å². The number of nitrogen functional groups attached to an aromatic ring is 1. The number of aromatic nitrogens is 1. The molecular weight excluding hydrogens is 544 g/mol. The first-order chi connectivity index (χ1) is 19.8. The number of carbonyl (C=O) groups is 4. The summed E-state index contributed by atoms with van der Waals surface area (Å²) in [5.74, 6) is -0.392. The van der Waals surface area contributed by atoms with Crippen LogP contribution in [-0.4, -0.2) is 87.9 Å². The van der Waals surface area contributed by atoms with Crippen molar-refractivity contribution in [3.05, 3.63) is 53.6 Å². The van der Waals surface area contributed by atoms with Crippen molar-refractivity contribution in [2.75, 3.05) is 37.7 Å². The molecule has 2 aromatic carbocycles. The molecule has 0 saturated carbocycles. The average molecular weight is 579 g/mol. The number of hydrazine groups is 1. The zero-order valence-electron chi connectivity index (χ0n) is 23.1. The standard InChI is InChI=1S/C28H34N8O4S/c1-3-4-12-30-28(40)33(2)35-16-24(38)36-21(13-18-8-10-20(11-9-18)31-17-37)26(39)34(15-23(35)36)14-19-6-5-7-22-25(19)32-27(29)41-22/h5-11,17,21,23H,3-4,12-16H2,1-2H3,(H2,29,32)(H,30,40)(H,31,37)/t21-,23+/m0/s1. The number of unbranched alkanes of at least 4 members (excludes halogenated alkanes) is 1. The van der Waals surface area contributed by atoms with E-state index in [1.807, 2.05) is 37.3 Å². The van der Waals surface area contributed by atoms with Gasteiger partial charge in [0.1, 0.15) is 12.2 Å². The Hall–Kier alpha value is -4.23. The Morgan fingerprint density at radius 2 is 2.00 bits per heavy atom. The minimum Gasteiger partial charge on any atom is -0.375 e. The van der Waals surface area contributed by atoms with Crippen LogP contribution in [0.2, 0.25) is 0 Å². The van der Waals surface area contributed by atoms with Gasteiger partial charge in [0.05, 0.1) is 23.3 Å². The molecule has 5 amide bonds. The van der Waals surface area contributed by atoms with Gasteiger partial charge in [-0.15, -0.1) is 0 Å². The van der Waals surface area contributed by atoms with Gasteiger partial charge in [-0.25, -0.2) is 9.78 Å². The van der Waals surface area contributed by atoms with Crippen molar-refractivity contribution < 1.29 is 19.2 Å². The Morgan fingerprint density at radius 3 is 2.73 bits per heavy atom. The first-order valence-electron chi connectivity index (χ1n) is 13.6. The van der Waals surface area contributed by atoms with E-state index in [1.54, 1.807) is 34.0 Å². The Bertz CT molecular complexity index is 1440. The number of rotatable bonds is 10. The third-order valence-corrected chi connectivity index (χ3v) is 8.39. The van der Waals surface area contributed by atoms with Gasteiger partial charge in [0.2, 0.25) is 18.2 Å². The molecule has 12 nitrogen and oxygen atoms in total. The van der Waals surface area contributed by atoms with Crippen molar-refractivity contribution >= 4 is 56.6 Å². The fourth-order valence-corrected chi connectivity index (χ4v) is 6.22. The number of thiazole rings is 1. The molecule has 216 valence electrons. The van der Waals surface area contributed by atoms with Gasteiger partial charge in [-0.1, -0.05) is 48.9 Å². The van der Waals surface area contributed by atoms with Crippen LogP contribution >= 0.6 is 11.3 Å². The summed E-state index contributed by atoms with van der Waals surface area (Å²) in [5, 5.41) is 9.15. The lowest BCUT2D eigenvalue weighted by atomic mass is 9.99. The van der Waals surface area contributed by atoms with Gasteiger partial charge in [-0.2, -0.15) is 5.01 Å². The molecule has 2 saturated heterocycles. The molecule has 2 atom stereocenters. The van der Waals surface area contributed by atoms with Crippen LogP contribution in [0.15, 0.2) is 42.5 Å². The summed E-state index contributed by atoms with van der Waals surface area (Å²) >= 11 is 1.39.